The van der Waals surface area contributed by atoms with Gasteiger partial charge in [0, 0.05) is 25.5 Å². The first-order valence-corrected chi connectivity index (χ1v) is 7.97. The zero-order valence-corrected chi connectivity index (χ0v) is 14.5. The molecule has 1 amide bonds. The maximum absolute atomic E-state index is 12.1. The largest absolute Gasteiger partial charge is 0.497 e. The predicted molar refractivity (Wildman–Crippen MR) is 95.4 cm³/mol. The Morgan fingerprint density at radius 3 is 2.52 bits per heavy atom. The molecule has 7 heteroatoms. The van der Waals surface area contributed by atoms with E-state index < -0.39 is 0 Å². The molecule has 0 spiro atoms. The number of pyridine rings is 1. The van der Waals surface area contributed by atoms with Gasteiger partial charge in [-0.15, -0.1) is 0 Å². The first-order valence-electron chi connectivity index (χ1n) is 7.97. The second-order valence-corrected chi connectivity index (χ2v) is 5.13. The molecule has 1 heterocycles. The third kappa shape index (κ3) is 6.31. The number of nitrogens with one attached hydrogen (secondary N) is 2. The Morgan fingerprint density at radius 1 is 1.04 bits per heavy atom. The van der Waals surface area contributed by atoms with Gasteiger partial charge in [-0.05, 0) is 36.4 Å². The number of nitrogens with zero attached hydrogens (tertiary/aromatic N) is 1. The Morgan fingerprint density at radius 2 is 1.80 bits per heavy atom. The molecule has 0 unspecified atom stereocenters. The highest BCUT2D eigenvalue weighted by atomic mass is 16.5. The van der Waals surface area contributed by atoms with Gasteiger partial charge < -0.3 is 24.8 Å². The fourth-order valence-corrected chi connectivity index (χ4v) is 2.06. The van der Waals surface area contributed by atoms with Crippen LogP contribution in [0.1, 0.15) is 10.5 Å². The lowest BCUT2D eigenvalue weighted by Crippen LogP contribution is -2.28. The summed E-state index contributed by atoms with van der Waals surface area (Å²) in [6, 6.07) is 10.8. The van der Waals surface area contributed by atoms with Crippen molar-refractivity contribution in [1.29, 1.82) is 0 Å². The lowest BCUT2D eigenvalue weighted by atomic mass is 10.3. The summed E-state index contributed by atoms with van der Waals surface area (Å²) in [6.07, 6.45) is 1.60. The minimum Gasteiger partial charge on any atom is -0.497 e. The molecule has 2 aromatic rings. The van der Waals surface area contributed by atoms with Gasteiger partial charge in [0.2, 0.25) is 0 Å². The standard InChI is InChI=1S/C18H23N3O4/c1-23-11-9-19-14-7-8-20-17(13-14)18(22)21-10-12-25-16-5-3-15(24-2)4-6-16/h3-8,13H,9-12H2,1-2H3,(H,19,20)(H,21,22). The van der Waals surface area contributed by atoms with E-state index in [4.69, 9.17) is 14.2 Å². The molecule has 0 bridgehead atoms. The highest BCUT2D eigenvalue weighted by Gasteiger charge is 2.07. The van der Waals surface area contributed by atoms with Gasteiger partial charge in [0.1, 0.15) is 23.8 Å². The third-order valence-corrected chi connectivity index (χ3v) is 3.34. The average Bonchev–Trinajstić information content (AvgIpc) is 2.66. The van der Waals surface area contributed by atoms with E-state index in [-0.39, 0.29) is 5.91 Å². The molecule has 2 N–H and O–H groups in total. The maximum Gasteiger partial charge on any atom is 0.270 e. The average molecular weight is 345 g/mol. The summed E-state index contributed by atoms with van der Waals surface area (Å²) in [4.78, 5) is 16.2. The number of hydrogen-bond donors (Lipinski definition) is 2. The summed E-state index contributed by atoms with van der Waals surface area (Å²) < 4.78 is 15.6. The van der Waals surface area contributed by atoms with Gasteiger partial charge in [-0.1, -0.05) is 0 Å². The van der Waals surface area contributed by atoms with Gasteiger partial charge in [-0.25, -0.2) is 0 Å². The smallest absolute Gasteiger partial charge is 0.270 e. The van der Waals surface area contributed by atoms with E-state index in [1.807, 2.05) is 24.3 Å². The molecule has 1 aromatic heterocycles. The van der Waals surface area contributed by atoms with Crippen LogP contribution in [-0.4, -0.2) is 51.4 Å². The summed E-state index contributed by atoms with van der Waals surface area (Å²) in [6.45, 7) is 2.00. The van der Waals surface area contributed by atoms with Crippen LogP contribution in [0.2, 0.25) is 0 Å². The van der Waals surface area contributed by atoms with Crippen molar-refractivity contribution in [1.82, 2.24) is 10.3 Å². The van der Waals surface area contributed by atoms with Crippen molar-refractivity contribution in [2.75, 3.05) is 45.8 Å². The van der Waals surface area contributed by atoms with Gasteiger partial charge >= 0.3 is 0 Å². The maximum atomic E-state index is 12.1. The molecule has 0 aliphatic heterocycles. The van der Waals surface area contributed by atoms with Gasteiger partial charge in [0.25, 0.3) is 5.91 Å². The summed E-state index contributed by atoms with van der Waals surface area (Å²) >= 11 is 0. The fraction of sp³-hybridized carbons (Fsp3) is 0.333. The number of benzene rings is 1. The Hall–Kier alpha value is -2.80. The normalized spacial score (nSPS) is 10.2. The highest BCUT2D eigenvalue weighted by Crippen LogP contribution is 2.16. The van der Waals surface area contributed by atoms with Gasteiger partial charge in [-0.2, -0.15) is 0 Å². The number of hydrogen-bond acceptors (Lipinski definition) is 6. The Bertz CT molecular complexity index is 662. The summed E-state index contributed by atoms with van der Waals surface area (Å²) in [5, 5.41) is 5.94. The molecule has 0 aliphatic rings. The van der Waals surface area contributed by atoms with Crippen molar-refractivity contribution < 1.29 is 19.0 Å². The van der Waals surface area contributed by atoms with Crippen molar-refractivity contribution in [2.45, 2.75) is 0 Å². The molecule has 0 fully saturated rings. The Labute approximate surface area is 147 Å². The zero-order valence-electron chi connectivity index (χ0n) is 14.5. The number of carbonyl (C=O) groups excluding carboxylic acids is 1. The van der Waals surface area contributed by atoms with E-state index in [1.165, 1.54) is 0 Å². The lowest BCUT2D eigenvalue weighted by molar-refractivity contribution is 0.0942. The molecule has 1 aromatic carbocycles. The molecular weight excluding hydrogens is 322 g/mol. The summed E-state index contributed by atoms with van der Waals surface area (Å²) in [5.74, 6) is 1.25. The first-order chi connectivity index (χ1) is 12.2. The molecule has 25 heavy (non-hydrogen) atoms. The predicted octanol–water partition coefficient (Wildman–Crippen LogP) is 1.96. The van der Waals surface area contributed by atoms with Crippen LogP contribution in [0, 0.1) is 0 Å². The second kappa shape index (κ2) is 10.1. The van der Waals surface area contributed by atoms with Gasteiger partial charge in [0.05, 0.1) is 20.3 Å². The summed E-state index contributed by atoms with van der Waals surface area (Å²) in [5.41, 5.74) is 1.18. The zero-order chi connectivity index (χ0) is 17.9. The van der Waals surface area contributed by atoms with E-state index in [1.54, 1.807) is 32.5 Å². The van der Waals surface area contributed by atoms with Crippen LogP contribution in [0.15, 0.2) is 42.6 Å². The molecule has 0 saturated heterocycles. The van der Waals surface area contributed by atoms with E-state index in [2.05, 4.69) is 15.6 Å². The van der Waals surface area contributed by atoms with Crippen LogP contribution in [0.5, 0.6) is 11.5 Å². The number of rotatable bonds is 10. The van der Waals surface area contributed by atoms with Crippen molar-refractivity contribution in [2.24, 2.45) is 0 Å². The van der Waals surface area contributed by atoms with Crippen LogP contribution in [-0.2, 0) is 4.74 Å². The molecule has 0 saturated carbocycles. The lowest BCUT2D eigenvalue weighted by Gasteiger charge is -2.09. The van der Waals surface area contributed by atoms with Crippen molar-refractivity contribution >= 4 is 11.6 Å². The first kappa shape index (κ1) is 18.5. The number of methoxy groups -OCH3 is 2. The molecule has 0 aliphatic carbocycles. The number of amides is 1. The number of anilines is 1. The van der Waals surface area contributed by atoms with Crippen LogP contribution in [0.25, 0.3) is 0 Å². The van der Waals surface area contributed by atoms with Crippen LogP contribution < -0.4 is 20.1 Å². The van der Waals surface area contributed by atoms with Crippen molar-refractivity contribution in [3.8, 4) is 11.5 Å². The molecule has 7 nitrogen and oxygen atoms in total. The molecule has 2 rings (SSSR count). The SMILES string of the molecule is COCCNc1ccnc(C(=O)NCCOc2ccc(OC)cc2)c1. The molecule has 0 radical (unpaired) electrons. The Balaban J connectivity index is 1.74. The highest BCUT2D eigenvalue weighted by molar-refractivity contribution is 5.93. The Kier molecular flexibility index (Phi) is 7.52. The number of ether oxygens (including phenoxy) is 3. The molecular formula is C18H23N3O4. The van der Waals surface area contributed by atoms with E-state index in [0.717, 1.165) is 17.2 Å². The van der Waals surface area contributed by atoms with E-state index in [9.17, 15) is 4.79 Å². The fourth-order valence-electron chi connectivity index (χ4n) is 2.06. The number of carbonyl (C=O) groups is 1. The minimum absolute atomic E-state index is 0.242. The number of aromatic nitrogens is 1. The van der Waals surface area contributed by atoms with Gasteiger partial charge in [-0.3, -0.25) is 9.78 Å². The minimum atomic E-state index is -0.242. The molecule has 0 atom stereocenters. The van der Waals surface area contributed by atoms with Crippen molar-refractivity contribution in [3.05, 3.63) is 48.3 Å². The molecule has 134 valence electrons. The van der Waals surface area contributed by atoms with Crippen LogP contribution in [0.4, 0.5) is 5.69 Å². The second-order valence-electron chi connectivity index (χ2n) is 5.13. The summed E-state index contributed by atoms with van der Waals surface area (Å²) in [7, 11) is 3.25. The third-order valence-electron chi connectivity index (χ3n) is 3.34. The van der Waals surface area contributed by atoms with Crippen molar-refractivity contribution in [3.63, 3.8) is 0 Å². The van der Waals surface area contributed by atoms with Crippen LogP contribution >= 0.6 is 0 Å². The van der Waals surface area contributed by atoms with Crippen LogP contribution in [0.3, 0.4) is 0 Å². The quantitative estimate of drug-likeness (QED) is 0.641. The van der Waals surface area contributed by atoms with Gasteiger partial charge in [0.15, 0.2) is 0 Å². The van der Waals surface area contributed by atoms with E-state index >= 15 is 0 Å². The topological polar surface area (TPSA) is 81.7 Å². The monoisotopic (exact) mass is 345 g/mol. The van der Waals surface area contributed by atoms with E-state index in [0.29, 0.717) is 32.0 Å².